The van der Waals surface area contributed by atoms with Crippen LogP contribution in [0.1, 0.15) is 19.8 Å². The molecule has 0 spiro atoms. The van der Waals surface area contributed by atoms with Gasteiger partial charge in [-0.15, -0.1) is 0 Å². The molecule has 4 nitrogen and oxygen atoms in total. The molecular weight excluding hydrogens is 262 g/mol. The predicted octanol–water partition coefficient (Wildman–Crippen LogP) is 2.81. The summed E-state index contributed by atoms with van der Waals surface area (Å²) in [6.07, 6.45) is 4.30. The summed E-state index contributed by atoms with van der Waals surface area (Å²) in [7, 11) is 1.71. The van der Waals surface area contributed by atoms with Crippen LogP contribution in [-0.4, -0.2) is 31.2 Å². The number of anilines is 1. The van der Waals surface area contributed by atoms with Crippen molar-refractivity contribution in [1.29, 1.82) is 0 Å². The molecule has 1 aliphatic rings. The average molecular weight is 285 g/mol. The van der Waals surface area contributed by atoms with Crippen molar-refractivity contribution in [3.05, 3.63) is 30.5 Å². The number of rotatable bonds is 3. The van der Waals surface area contributed by atoms with Gasteiger partial charge in [-0.25, -0.2) is 4.98 Å². The molecule has 0 radical (unpaired) electrons. The first-order chi connectivity index (χ1) is 10.3. The van der Waals surface area contributed by atoms with E-state index in [1.165, 1.54) is 12.8 Å². The number of methoxy groups -OCH3 is 1. The molecular formula is C17H23N3O. The fraction of sp³-hybridized carbons (Fsp3) is 0.471. The van der Waals surface area contributed by atoms with Crippen molar-refractivity contribution >= 4 is 16.6 Å². The molecule has 3 rings (SSSR count). The van der Waals surface area contributed by atoms with Crippen LogP contribution < -0.4 is 15.4 Å². The van der Waals surface area contributed by atoms with Crippen LogP contribution in [0.15, 0.2) is 30.5 Å². The molecule has 21 heavy (non-hydrogen) atoms. The van der Waals surface area contributed by atoms with E-state index >= 15 is 0 Å². The zero-order valence-electron chi connectivity index (χ0n) is 12.7. The van der Waals surface area contributed by atoms with E-state index in [4.69, 9.17) is 10.5 Å². The van der Waals surface area contributed by atoms with Gasteiger partial charge in [0.05, 0.1) is 7.11 Å². The molecule has 0 aliphatic carbocycles. The van der Waals surface area contributed by atoms with Crippen molar-refractivity contribution < 1.29 is 4.74 Å². The van der Waals surface area contributed by atoms with Crippen LogP contribution in [-0.2, 0) is 0 Å². The van der Waals surface area contributed by atoms with Crippen molar-refractivity contribution in [3.8, 4) is 5.75 Å². The third-order valence-electron chi connectivity index (χ3n) is 4.59. The van der Waals surface area contributed by atoms with Crippen LogP contribution in [0.25, 0.3) is 10.8 Å². The van der Waals surface area contributed by atoms with Crippen LogP contribution in [0.2, 0.25) is 0 Å². The molecule has 1 fully saturated rings. The molecule has 0 bridgehead atoms. The number of hydrogen-bond donors (Lipinski definition) is 1. The van der Waals surface area contributed by atoms with E-state index in [1.54, 1.807) is 7.11 Å². The first-order valence-corrected chi connectivity index (χ1v) is 7.64. The van der Waals surface area contributed by atoms with Gasteiger partial charge in [0.2, 0.25) is 0 Å². The minimum Gasteiger partial charge on any atom is -0.496 e. The second kappa shape index (κ2) is 5.90. The van der Waals surface area contributed by atoms with Gasteiger partial charge in [0.1, 0.15) is 11.6 Å². The molecule has 2 heterocycles. The smallest absolute Gasteiger partial charge is 0.136 e. The summed E-state index contributed by atoms with van der Waals surface area (Å²) in [6.45, 7) is 3.98. The predicted molar refractivity (Wildman–Crippen MR) is 86.9 cm³/mol. The van der Waals surface area contributed by atoms with Crippen LogP contribution in [0.3, 0.4) is 0 Å². The lowest BCUT2D eigenvalue weighted by molar-refractivity contribution is 0.348. The maximum atomic E-state index is 6.03. The highest BCUT2D eigenvalue weighted by atomic mass is 16.5. The van der Waals surface area contributed by atoms with Gasteiger partial charge >= 0.3 is 0 Å². The zero-order chi connectivity index (χ0) is 14.8. The third-order valence-corrected chi connectivity index (χ3v) is 4.59. The Morgan fingerprint density at radius 1 is 1.33 bits per heavy atom. The molecule has 0 amide bonds. The number of aromatic nitrogens is 1. The molecule has 1 aromatic carbocycles. The molecule has 4 heteroatoms. The average Bonchev–Trinajstić information content (AvgIpc) is 2.53. The van der Waals surface area contributed by atoms with E-state index in [0.29, 0.717) is 18.5 Å². The monoisotopic (exact) mass is 285 g/mol. The number of fused-ring (bicyclic) bond motifs is 1. The summed E-state index contributed by atoms with van der Waals surface area (Å²) in [5.41, 5.74) is 6.03. The summed E-state index contributed by atoms with van der Waals surface area (Å²) >= 11 is 0. The summed E-state index contributed by atoms with van der Waals surface area (Å²) in [6, 6.07) is 8.51. The topological polar surface area (TPSA) is 51.4 Å². The molecule has 112 valence electrons. The quantitative estimate of drug-likeness (QED) is 0.942. The highest BCUT2D eigenvalue weighted by molar-refractivity contribution is 5.96. The minimum atomic E-state index is 0.364. The van der Waals surface area contributed by atoms with Crippen molar-refractivity contribution in [3.63, 3.8) is 0 Å². The van der Waals surface area contributed by atoms with Crippen LogP contribution >= 0.6 is 0 Å². The Hall–Kier alpha value is -1.81. The van der Waals surface area contributed by atoms with E-state index in [0.717, 1.165) is 28.9 Å². The minimum absolute atomic E-state index is 0.364. The van der Waals surface area contributed by atoms with Gasteiger partial charge in [-0.05, 0) is 30.9 Å². The SMILES string of the molecule is COc1cccc2c(N3CCCC(C)C3CN)nccc12. The molecule has 1 saturated heterocycles. The molecule has 2 aromatic rings. The van der Waals surface area contributed by atoms with E-state index in [9.17, 15) is 0 Å². The Morgan fingerprint density at radius 2 is 2.19 bits per heavy atom. The molecule has 2 unspecified atom stereocenters. The third kappa shape index (κ3) is 2.44. The molecule has 2 N–H and O–H groups in total. The molecule has 0 saturated carbocycles. The fourth-order valence-corrected chi connectivity index (χ4v) is 3.44. The normalized spacial score (nSPS) is 22.5. The molecule has 1 aliphatic heterocycles. The zero-order valence-corrected chi connectivity index (χ0v) is 12.7. The highest BCUT2D eigenvalue weighted by Crippen LogP contribution is 2.34. The van der Waals surface area contributed by atoms with Crippen LogP contribution in [0, 0.1) is 5.92 Å². The number of pyridine rings is 1. The lowest BCUT2D eigenvalue weighted by Crippen LogP contribution is -2.49. The van der Waals surface area contributed by atoms with Gasteiger partial charge in [0.25, 0.3) is 0 Å². The second-order valence-corrected chi connectivity index (χ2v) is 5.81. The summed E-state index contributed by atoms with van der Waals surface area (Å²) < 4.78 is 5.47. The highest BCUT2D eigenvalue weighted by Gasteiger charge is 2.29. The standard InChI is InChI=1S/C17H23N3O/c1-12-5-4-10-20(15(12)11-18)17-14-6-3-7-16(21-2)13(14)8-9-19-17/h3,6-9,12,15H,4-5,10-11,18H2,1-2H3. The van der Waals surface area contributed by atoms with Gasteiger partial charge in [0.15, 0.2) is 0 Å². The van der Waals surface area contributed by atoms with Gasteiger partial charge in [0, 0.05) is 36.1 Å². The van der Waals surface area contributed by atoms with Crippen LogP contribution in [0.5, 0.6) is 5.75 Å². The van der Waals surface area contributed by atoms with Gasteiger partial charge in [-0.1, -0.05) is 19.1 Å². The Labute approximate surface area is 125 Å². The van der Waals surface area contributed by atoms with Crippen molar-refractivity contribution in [2.75, 3.05) is 25.1 Å². The number of nitrogens with zero attached hydrogens (tertiary/aromatic N) is 2. The Kier molecular flexibility index (Phi) is 3.97. The fourth-order valence-electron chi connectivity index (χ4n) is 3.44. The van der Waals surface area contributed by atoms with Crippen molar-refractivity contribution in [1.82, 2.24) is 4.98 Å². The van der Waals surface area contributed by atoms with Crippen LogP contribution in [0.4, 0.5) is 5.82 Å². The van der Waals surface area contributed by atoms with Gasteiger partial charge in [-0.3, -0.25) is 0 Å². The number of benzene rings is 1. The maximum Gasteiger partial charge on any atom is 0.136 e. The van der Waals surface area contributed by atoms with Crippen molar-refractivity contribution in [2.45, 2.75) is 25.8 Å². The Balaban J connectivity index is 2.11. The van der Waals surface area contributed by atoms with E-state index in [-0.39, 0.29) is 0 Å². The van der Waals surface area contributed by atoms with E-state index in [1.807, 2.05) is 24.4 Å². The van der Waals surface area contributed by atoms with E-state index < -0.39 is 0 Å². The second-order valence-electron chi connectivity index (χ2n) is 5.81. The first kappa shape index (κ1) is 14.1. The summed E-state index contributed by atoms with van der Waals surface area (Å²) in [5.74, 6) is 2.53. The largest absolute Gasteiger partial charge is 0.496 e. The lowest BCUT2D eigenvalue weighted by Gasteiger charge is -2.40. The maximum absolute atomic E-state index is 6.03. The Morgan fingerprint density at radius 3 is 2.95 bits per heavy atom. The first-order valence-electron chi connectivity index (χ1n) is 7.64. The Bertz CT molecular complexity index is 628. The molecule has 2 atom stereocenters. The number of ether oxygens (including phenoxy) is 1. The molecule has 1 aromatic heterocycles. The van der Waals surface area contributed by atoms with E-state index in [2.05, 4.69) is 22.9 Å². The number of piperidine rings is 1. The summed E-state index contributed by atoms with van der Waals surface area (Å²) in [5, 5.41) is 2.25. The van der Waals surface area contributed by atoms with Gasteiger partial charge in [-0.2, -0.15) is 0 Å². The van der Waals surface area contributed by atoms with Crippen molar-refractivity contribution in [2.24, 2.45) is 11.7 Å². The summed E-state index contributed by atoms with van der Waals surface area (Å²) in [4.78, 5) is 7.04. The number of hydrogen-bond acceptors (Lipinski definition) is 4. The van der Waals surface area contributed by atoms with Gasteiger partial charge < -0.3 is 15.4 Å². The lowest BCUT2D eigenvalue weighted by atomic mass is 9.90. The number of nitrogens with two attached hydrogens (primary N) is 1.